The molecule has 2 atom stereocenters. The molecule has 96 valence electrons. The van der Waals surface area contributed by atoms with E-state index in [1.807, 2.05) is 0 Å². The first kappa shape index (κ1) is 12.5. The van der Waals surface area contributed by atoms with Gasteiger partial charge in [-0.25, -0.2) is 0 Å². The molecular weight excluding hydrogens is 232 g/mol. The summed E-state index contributed by atoms with van der Waals surface area (Å²) in [6, 6.07) is 3.44. The van der Waals surface area contributed by atoms with Crippen LogP contribution in [0.2, 0.25) is 0 Å². The number of carboxylic acid groups (broad SMARTS) is 1. The molecule has 1 saturated carbocycles. The number of rotatable bonds is 3. The third-order valence-electron chi connectivity index (χ3n) is 3.34. The number of carbonyl (C=O) groups excluding carboxylic acids is 1. The van der Waals surface area contributed by atoms with Crippen molar-refractivity contribution < 1.29 is 14.7 Å². The van der Waals surface area contributed by atoms with Crippen molar-refractivity contribution in [2.24, 2.45) is 11.8 Å². The van der Waals surface area contributed by atoms with Crippen molar-refractivity contribution in [1.29, 1.82) is 0 Å². The van der Waals surface area contributed by atoms with Gasteiger partial charge in [0.1, 0.15) is 0 Å². The van der Waals surface area contributed by atoms with E-state index in [1.54, 1.807) is 24.5 Å². The summed E-state index contributed by atoms with van der Waals surface area (Å²) in [4.78, 5) is 26.8. The van der Waals surface area contributed by atoms with E-state index in [-0.39, 0.29) is 17.7 Å². The van der Waals surface area contributed by atoms with Crippen molar-refractivity contribution in [1.82, 2.24) is 4.98 Å². The third kappa shape index (κ3) is 3.06. The summed E-state index contributed by atoms with van der Waals surface area (Å²) in [5, 5.41) is 11.8. The highest BCUT2D eigenvalue weighted by atomic mass is 16.4. The molecule has 0 bridgehead atoms. The Kier molecular flexibility index (Phi) is 3.92. The second-order valence-electron chi connectivity index (χ2n) is 4.62. The summed E-state index contributed by atoms with van der Waals surface area (Å²) in [6.45, 7) is 0. The number of carbonyl (C=O) groups is 2. The summed E-state index contributed by atoms with van der Waals surface area (Å²) in [7, 11) is 0. The van der Waals surface area contributed by atoms with Gasteiger partial charge in [0.15, 0.2) is 0 Å². The van der Waals surface area contributed by atoms with Crippen LogP contribution in [-0.4, -0.2) is 22.0 Å². The van der Waals surface area contributed by atoms with Gasteiger partial charge < -0.3 is 10.4 Å². The summed E-state index contributed by atoms with van der Waals surface area (Å²) < 4.78 is 0. The van der Waals surface area contributed by atoms with Gasteiger partial charge in [0, 0.05) is 24.0 Å². The molecule has 18 heavy (non-hydrogen) atoms. The van der Waals surface area contributed by atoms with Crippen LogP contribution in [0.4, 0.5) is 5.69 Å². The second-order valence-corrected chi connectivity index (χ2v) is 4.62. The summed E-state index contributed by atoms with van der Waals surface area (Å²) >= 11 is 0. The molecule has 1 fully saturated rings. The Morgan fingerprint density at radius 3 is 2.56 bits per heavy atom. The zero-order valence-electron chi connectivity index (χ0n) is 10.0. The SMILES string of the molecule is O=C(O)C1CCCC(C(=O)Nc2ccncc2)C1. The highest BCUT2D eigenvalue weighted by Crippen LogP contribution is 2.30. The molecule has 5 nitrogen and oxygen atoms in total. The first-order valence-corrected chi connectivity index (χ1v) is 6.10. The second kappa shape index (κ2) is 5.62. The van der Waals surface area contributed by atoms with E-state index < -0.39 is 5.97 Å². The number of anilines is 1. The topological polar surface area (TPSA) is 79.3 Å². The van der Waals surface area contributed by atoms with Gasteiger partial charge in [-0.15, -0.1) is 0 Å². The normalized spacial score (nSPS) is 23.3. The lowest BCUT2D eigenvalue weighted by Crippen LogP contribution is -2.30. The van der Waals surface area contributed by atoms with Crippen LogP contribution in [-0.2, 0) is 9.59 Å². The average Bonchev–Trinajstić information content (AvgIpc) is 2.40. The molecule has 1 aliphatic carbocycles. The van der Waals surface area contributed by atoms with E-state index in [1.165, 1.54) is 0 Å². The number of pyridine rings is 1. The lowest BCUT2D eigenvalue weighted by Gasteiger charge is -2.25. The van der Waals surface area contributed by atoms with Crippen LogP contribution in [0.3, 0.4) is 0 Å². The van der Waals surface area contributed by atoms with Gasteiger partial charge in [-0.1, -0.05) is 6.42 Å². The fraction of sp³-hybridized carbons (Fsp3) is 0.462. The Morgan fingerprint density at radius 2 is 1.89 bits per heavy atom. The molecular formula is C13H16N2O3. The number of aliphatic carboxylic acids is 1. The van der Waals surface area contributed by atoms with E-state index in [0.29, 0.717) is 18.5 Å². The van der Waals surface area contributed by atoms with Gasteiger partial charge in [0.25, 0.3) is 0 Å². The van der Waals surface area contributed by atoms with E-state index in [4.69, 9.17) is 5.11 Å². The maximum atomic E-state index is 12.0. The van der Waals surface area contributed by atoms with E-state index in [2.05, 4.69) is 10.3 Å². The summed E-state index contributed by atoms with van der Waals surface area (Å²) in [5.74, 6) is -1.47. The maximum Gasteiger partial charge on any atom is 0.306 e. The van der Waals surface area contributed by atoms with E-state index in [9.17, 15) is 9.59 Å². The van der Waals surface area contributed by atoms with Crippen LogP contribution in [0.15, 0.2) is 24.5 Å². The first-order valence-electron chi connectivity index (χ1n) is 6.10. The minimum absolute atomic E-state index is 0.0906. The molecule has 2 N–H and O–H groups in total. The minimum atomic E-state index is -0.795. The molecule has 0 aromatic carbocycles. The van der Waals surface area contributed by atoms with Crippen LogP contribution >= 0.6 is 0 Å². The minimum Gasteiger partial charge on any atom is -0.481 e. The predicted molar refractivity (Wildman–Crippen MR) is 66.0 cm³/mol. The zero-order valence-corrected chi connectivity index (χ0v) is 10.0. The molecule has 1 aromatic rings. The zero-order chi connectivity index (χ0) is 13.0. The van der Waals surface area contributed by atoms with Crippen LogP contribution in [0.1, 0.15) is 25.7 Å². The van der Waals surface area contributed by atoms with Crippen LogP contribution < -0.4 is 5.32 Å². The van der Waals surface area contributed by atoms with Gasteiger partial charge >= 0.3 is 5.97 Å². The average molecular weight is 248 g/mol. The summed E-state index contributed by atoms with van der Waals surface area (Å²) in [6.07, 6.45) is 5.89. The molecule has 0 aliphatic heterocycles. The van der Waals surface area contributed by atoms with Gasteiger partial charge in [-0.2, -0.15) is 0 Å². The van der Waals surface area contributed by atoms with Crippen LogP contribution in [0, 0.1) is 11.8 Å². The molecule has 1 heterocycles. The number of carboxylic acids is 1. The fourth-order valence-electron chi connectivity index (χ4n) is 2.33. The van der Waals surface area contributed by atoms with Crippen molar-refractivity contribution in [2.45, 2.75) is 25.7 Å². The third-order valence-corrected chi connectivity index (χ3v) is 3.34. The monoisotopic (exact) mass is 248 g/mol. The number of hydrogen-bond acceptors (Lipinski definition) is 3. The van der Waals surface area contributed by atoms with Gasteiger partial charge in [0.2, 0.25) is 5.91 Å². The van der Waals surface area contributed by atoms with Crippen molar-refractivity contribution in [3.63, 3.8) is 0 Å². The molecule has 1 aromatic heterocycles. The fourth-order valence-corrected chi connectivity index (χ4v) is 2.33. The van der Waals surface area contributed by atoms with Crippen molar-refractivity contribution in [3.8, 4) is 0 Å². The van der Waals surface area contributed by atoms with E-state index in [0.717, 1.165) is 12.8 Å². The molecule has 2 unspecified atom stereocenters. The largest absolute Gasteiger partial charge is 0.481 e. The molecule has 1 aliphatic rings. The number of aromatic nitrogens is 1. The number of amides is 1. The Hall–Kier alpha value is -1.91. The Morgan fingerprint density at radius 1 is 1.22 bits per heavy atom. The van der Waals surface area contributed by atoms with Crippen molar-refractivity contribution in [3.05, 3.63) is 24.5 Å². The highest BCUT2D eigenvalue weighted by molar-refractivity contribution is 5.92. The number of hydrogen-bond donors (Lipinski definition) is 2. The molecule has 1 amide bonds. The van der Waals surface area contributed by atoms with Crippen LogP contribution in [0.5, 0.6) is 0 Å². The summed E-state index contributed by atoms with van der Waals surface area (Å²) in [5.41, 5.74) is 0.701. The lowest BCUT2D eigenvalue weighted by atomic mass is 9.81. The van der Waals surface area contributed by atoms with Crippen molar-refractivity contribution >= 4 is 17.6 Å². The van der Waals surface area contributed by atoms with E-state index >= 15 is 0 Å². The Labute approximate surface area is 105 Å². The first-order chi connectivity index (χ1) is 8.66. The smallest absolute Gasteiger partial charge is 0.306 e. The quantitative estimate of drug-likeness (QED) is 0.856. The standard InChI is InChI=1S/C13H16N2O3/c16-12(15-11-4-6-14-7-5-11)9-2-1-3-10(8-9)13(17)18/h4-7,9-10H,1-3,8H2,(H,17,18)(H,14,15,16). The molecule has 0 radical (unpaired) electrons. The lowest BCUT2D eigenvalue weighted by molar-refractivity contribution is -0.143. The van der Waals surface area contributed by atoms with Gasteiger partial charge in [0.05, 0.1) is 5.92 Å². The van der Waals surface area contributed by atoms with Gasteiger partial charge in [-0.05, 0) is 31.4 Å². The highest BCUT2D eigenvalue weighted by Gasteiger charge is 2.30. The molecule has 0 spiro atoms. The van der Waals surface area contributed by atoms with Crippen molar-refractivity contribution in [2.75, 3.05) is 5.32 Å². The molecule has 2 rings (SSSR count). The number of nitrogens with zero attached hydrogens (tertiary/aromatic N) is 1. The van der Waals surface area contributed by atoms with Crippen LogP contribution in [0.25, 0.3) is 0 Å². The maximum absolute atomic E-state index is 12.0. The predicted octanol–water partition coefficient (Wildman–Crippen LogP) is 1.91. The van der Waals surface area contributed by atoms with Gasteiger partial charge in [-0.3, -0.25) is 14.6 Å². The Balaban J connectivity index is 1.95. The molecule has 0 saturated heterocycles. The molecule has 5 heteroatoms. The Bertz CT molecular complexity index is 433. The number of nitrogens with one attached hydrogen (secondary N) is 1.